The van der Waals surface area contributed by atoms with Crippen LogP contribution in [0.25, 0.3) is 0 Å². The lowest BCUT2D eigenvalue weighted by Gasteiger charge is -2.15. The van der Waals surface area contributed by atoms with Gasteiger partial charge < -0.3 is 23.6 Å². The van der Waals surface area contributed by atoms with E-state index in [2.05, 4.69) is 4.98 Å². The van der Waals surface area contributed by atoms with Gasteiger partial charge in [-0.25, -0.2) is 14.6 Å². The van der Waals surface area contributed by atoms with Gasteiger partial charge in [-0.3, -0.25) is 0 Å². The maximum absolute atomic E-state index is 11.7. The highest BCUT2D eigenvalue weighted by atomic mass is 16.6. The van der Waals surface area contributed by atoms with Crippen LogP contribution in [-0.2, 0) is 18.6 Å². The minimum absolute atomic E-state index is 0.00236. The van der Waals surface area contributed by atoms with Gasteiger partial charge in [0.1, 0.15) is 22.9 Å². The van der Waals surface area contributed by atoms with E-state index in [9.17, 15) is 19.8 Å². The molecule has 23 heavy (non-hydrogen) atoms. The fourth-order valence-corrected chi connectivity index (χ4v) is 2.39. The van der Waals surface area contributed by atoms with Crippen LogP contribution in [0, 0.1) is 6.92 Å². The highest BCUT2D eigenvalue weighted by Crippen LogP contribution is 2.26. The van der Waals surface area contributed by atoms with Crippen LogP contribution < -0.4 is 5.82 Å². The highest BCUT2D eigenvalue weighted by molar-refractivity contribution is 5.87. The molecule has 2 heterocycles. The summed E-state index contributed by atoms with van der Waals surface area (Å²) in [6, 6.07) is 0. The largest absolute Gasteiger partial charge is 0.519 e. The number of carbonyl (C=O) groups is 1. The molecule has 2 rings (SSSR count). The number of imidazole rings is 1. The molecule has 0 aliphatic carbocycles. The number of aromatic nitrogens is 2. The van der Waals surface area contributed by atoms with Gasteiger partial charge in [-0.05, 0) is 27.2 Å². The molecular weight excluding hydrogens is 304 g/mol. The lowest BCUT2D eigenvalue weighted by molar-refractivity contribution is 0.0602. The highest BCUT2D eigenvalue weighted by Gasteiger charge is 2.32. The van der Waals surface area contributed by atoms with Gasteiger partial charge in [0, 0.05) is 6.42 Å². The average molecular weight is 324 g/mol. The normalized spacial score (nSPS) is 11.9. The monoisotopic (exact) mass is 324 g/mol. The van der Waals surface area contributed by atoms with E-state index < -0.39 is 17.4 Å². The maximum atomic E-state index is 11.7. The summed E-state index contributed by atoms with van der Waals surface area (Å²) < 4.78 is 11.2. The van der Waals surface area contributed by atoms with Crippen LogP contribution in [0.2, 0.25) is 0 Å². The molecule has 0 spiro atoms. The third kappa shape index (κ3) is 3.37. The Morgan fingerprint density at radius 1 is 1.35 bits per heavy atom. The molecule has 0 saturated heterocycles. The minimum atomic E-state index is -1.41. The van der Waals surface area contributed by atoms with Crippen molar-refractivity contribution in [2.75, 3.05) is 0 Å². The van der Waals surface area contributed by atoms with E-state index >= 15 is 0 Å². The standard InChI is InChI=1S/C15H20N2O6/c1-5-6-10-16-12(15(3,4)21)11(13(18)19)17(10)7-9-8(2)22-14(20)23-9/h21H,5-7H2,1-4H3,(H,18,19). The Kier molecular flexibility index (Phi) is 4.46. The number of hydrogen-bond acceptors (Lipinski definition) is 6. The van der Waals surface area contributed by atoms with Gasteiger partial charge in [0.05, 0.1) is 6.54 Å². The van der Waals surface area contributed by atoms with Crippen LogP contribution in [0.15, 0.2) is 13.6 Å². The zero-order chi connectivity index (χ0) is 17.4. The average Bonchev–Trinajstić information content (AvgIpc) is 2.91. The molecule has 2 aromatic heterocycles. The second-order valence-electron chi connectivity index (χ2n) is 5.86. The van der Waals surface area contributed by atoms with E-state index in [1.165, 1.54) is 18.4 Å². The van der Waals surface area contributed by atoms with Crippen LogP contribution in [0.1, 0.15) is 60.7 Å². The van der Waals surface area contributed by atoms with Crippen molar-refractivity contribution in [3.63, 3.8) is 0 Å². The van der Waals surface area contributed by atoms with Crippen LogP contribution in [0.5, 0.6) is 0 Å². The summed E-state index contributed by atoms with van der Waals surface area (Å²) in [4.78, 5) is 27.2. The minimum Gasteiger partial charge on any atom is -0.477 e. The lowest BCUT2D eigenvalue weighted by Crippen LogP contribution is -2.22. The molecule has 8 heteroatoms. The van der Waals surface area contributed by atoms with Crippen molar-refractivity contribution in [3.8, 4) is 0 Å². The van der Waals surface area contributed by atoms with Gasteiger partial charge in [-0.1, -0.05) is 6.92 Å². The number of aromatic carboxylic acids is 1. The fourth-order valence-electron chi connectivity index (χ4n) is 2.39. The molecule has 0 radical (unpaired) electrons. The summed E-state index contributed by atoms with van der Waals surface area (Å²) >= 11 is 0. The zero-order valence-corrected chi connectivity index (χ0v) is 13.5. The van der Waals surface area contributed by atoms with Gasteiger partial charge in [-0.15, -0.1) is 0 Å². The molecule has 126 valence electrons. The van der Waals surface area contributed by atoms with E-state index in [-0.39, 0.29) is 29.5 Å². The third-order valence-corrected chi connectivity index (χ3v) is 3.44. The summed E-state index contributed by atoms with van der Waals surface area (Å²) in [6.07, 6.45) is 1.27. The topological polar surface area (TPSA) is 119 Å². The second-order valence-corrected chi connectivity index (χ2v) is 5.86. The van der Waals surface area contributed by atoms with Crippen LogP contribution in [-0.4, -0.2) is 25.7 Å². The molecular formula is C15H20N2O6. The molecule has 0 aliphatic heterocycles. The first-order valence-electron chi connectivity index (χ1n) is 7.30. The van der Waals surface area contributed by atoms with Crippen molar-refractivity contribution in [1.29, 1.82) is 0 Å². The molecule has 0 aromatic carbocycles. The Balaban J connectivity index is 2.63. The van der Waals surface area contributed by atoms with Gasteiger partial charge in [0.15, 0.2) is 11.5 Å². The zero-order valence-electron chi connectivity index (χ0n) is 13.5. The number of hydrogen-bond donors (Lipinski definition) is 2. The first kappa shape index (κ1) is 17.0. The van der Waals surface area contributed by atoms with Gasteiger partial charge >= 0.3 is 11.8 Å². The summed E-state index contributed by atoms with van der Waals surface area (Å²) in [5, 5.41) is 19.8. The quantitative estimate of drug-likeness (QED) is 0.829. The van der Waals surface area contributed by atoms with Gasteiger partial charge in [0.25, 0.3) is 0 Å². The smallest absolute Gasteiger partial charge is 0.477 e. The molecule has 8 nitrogen and oxygen atoms in total. The molecule has 2 N–H and O–H groups in total. The van der Waals surface area contributed by atoms with Crippen molar-refractivity contribution in [3.05, 3.63) is 39.3 Å². The van der Waals surface area contributed by atoms with Crippen LogP contribution >= 0.6 is 0 Å². The Hall–Kier alpha value is -2.35. The molecule has 0 atom stereocenters. The number of rotatable bonds is 6. The Morgan fingerprint density at radius 2 is 2.00 bits per heavy atom. The van der Waals surface area contributed by atoms with Gasteiger partial charge in [-0.2, -0.15) is 0 Å². The number of aliphatic hydroxyl groups is 1. The molecule has 0 fully saturated rings. The first-order chi connectivity index (χ1) is 10.6. The predicted molar refractivity (Wildman–Crippen MR) is 79.5 cm³/mol. The molecule has 0 unspecified atom stereocenters. The molecule has 0 amide bonds. The number of nitrogens with zero attached hydrogens (tertiary/aromatic N) is 2. The number of carboxylic acids is 1. The summed E-state index contributed by atoms with van der Waals surface area (Å²) in [7, 11) is 0. The van der Waals surface area contributed by atoms with Crippen molar-refractivity contribution >= 4 is 5.97 Å². The Labute approximate surface area is 132 Å². The van der Waals surface area contributed by atoms with Crippen LogP contribution in [0.3, 0.4) is 0 Å². The fraction of sp³-hybridized carbons (Fsp3) is 0.533. The van der Waals surface area contributed by atoms with E-state index in [1.807, 2.05) is 6.92 Å². The van der Waals surface area contributed by atoms with E-state index in [0.29, 0.717) is 12.2 Å². The second kappa shape index (κ2) is 6.04. The molecule has 0 bridgehead atoms. The van der Waals surface area contributed by atoms with Crippen molar-refractivity contribution < 1.29 is 23.8 Å². The number of aryl methyl sites for hydroxylation is 2. The summed E-state index contributed by atoms with van der Waals surface area (Å²) in [6.45, 7) is 6.45. The number of carboxylic acid groups (broad SMARTS) is 1. The van der Waals surface area contributed by atoms with E-state index in [1.54, 1.807) is 6.92 Å². The van der Waals surface area contributed by atoms with Crippen molar-refractivity contribution in [1.82, 2.24) is 9.55 Å². The third-order valence-electron chi connectivity index (χ3n) is 3.44. The summed E-state index contributed by atoms with van der Waals surface area (Å²) in [5.41, 5.74) is -1.45. The molecule has 0 saturated carbocycles. The van der Waals surface area contributed by atoms with Crippen LogP contribution in [0.4, 0.5) is 0 Å². The van der Waals surface area contributed by atoms with E-state index in [0.717, 1.165) is 6.42 Å². The van der Waals surface area contributed by atoms with Gasteiger partial charge in [0.2, 0.25) is 0 Å². The molecule has 0 aliphatic rings. The molecule has 2 aromatic rings. The van der Waals surface area contributed by atoms with Crippen molar-refractivity contribution in [2.24, 2.45) is 0 Å². The Bertz CT molecular complexity index is 775. The first-order valence-corrected chi connectivity index (χ1v) is 7.30. The van der Waals surface area contributed by atoms with Crippen molar-refractivity contribution in [2.45, 2.75) is 52.7 Å². The van der Waals surface area contributed by atoms with E-state index in [4.69, 9.17) is 8.83 Å². The lowest BCUT2D eigenvalue weighted by atomic mass is 10.0. The SMILES string of the molecule is CCCc1nc(C(C)(C)O)c(C(=O)O)n1Cc1oc(=O)oc1C. The predicted octanol–water partition coefficient (Wildman–Crippen LogP) is 1.66. The summed E-state index contributed by atoms with van der Waals surface area (Å²) in [5.74, 6) is -1.03. The Morgan fingerprint density at radius 3 is 2.43 bits per heavy atom. The maximum Gasteiger partial charge on any atom is 0.519 e.